The summed E-state index contributed by atoms with van der Waals surface area (Å²) in [5.41, 5.74) is 4.94. The fraction of sp³-hybridized carbons (Fsp3) is 0.367. The van der Waals surface area contributed by atoms with Gasteiger partial charge in [-0.2, -0.15) is 0 Å². The van der Waals surface area contributed by atoms with Crippen LogP contribution < -0.4 is 27.3 Å². The van der Waals surface area contributed by atoms with Crippen LogP contribution in [0.4, 0.5) is 5.69 Å². The Hall–Kier alpha value is -5.55. The molecule has 1 heterocycles. The second-order valence-electron chi connectivity index (χ2n) is 10.1. The highest BCUT2D eigenvalue weighted by Crippen LogP contribution is 2.29. The number of hydrogen-bond donors (Lipinski definition) is 6. The maximum absolute atomic E-state index is 12.3. The van der Waals surface area contributed by atoms with Crippen LogP contribution in [0.15, 0.2) is 51.7 Å². The van der Waals surface area contributed by atoms with Crippen LogP contribution in [0.2, 0.25) is 0 Å². The minimum atomic E-state index is -1.09. The molecule has 0 saturated heterocycles. The Bertz CT molecular complexity index is 1660. The molecule has 0 fully saturated rings. The first-order valence-corrected chi connectivity index (χ1v) is 14.4. The SMILES string of the molecule is NC(=O)C(CNC(=O)CCC(=O)NCCOCCOCCNC(=O)Cc1cc(=O)oc2cc(O)ccc12)c1ccc(O)c([N+](=O)[O-])c1. The smallest absolute Gasteiger partial charge is 0.336 e. The number of phenols is 2. The van der Waals surface area contributed by atoms with E-state index in [1.165, 1.54) is 24.3 Å². The molecule has 1 aromatic heterocycles. The molecule has 0 aliphatic rings. The van der Waals surface area contributed by atoms with Crippen LogP contribution in [0, 0.1) is 10.1 Å². The van der Waals surface area contributed by atoms with Crippen molar-refractivity contribution in [3.8, 4) is 11.5 Å². The lowest BCUT2D eigenvalue weighted by molar-refractivity contribution is -0.385. The summed E-state index contributed by atoms with van der Waals surface area (Å²) in [6.07, 6.45) is -0.373. The lowest BCUT2D eigenvalue weighted by Crippen LogP contribution is -2.35. The Balaban J connectivity index is 1.22. The molecule has 1 atom stereocenters. The minimum absolute atomic E-state index is 0.0579. The highest BCUT2D eigenvalue weighted by molar-refractivity contribution is 5.88. The van der Waals surface area contributed by atoms with Crippen LogP contribution in [-0.4, -0.2) is 84.8 Å². The molecule has 2 aromatic carbocycles. The molecule has 0 bridgehead atoms. The van der Waals surface area contributed by atoms with Gasteiger partial charge in [-0.3, -0.25) is 29.3 Å². The number of carbonyl (C=O) groups is 4. The zero-order valence-corrected chi connectivity index (χ0v) is 25.2. The van der Waals surface area contributed by atoms with Crippen molar-refractivity contribution < 1.29 is 48.2 Å². The summed E-state index contributed by atoms with van der Waals surface area (Å²) in [5, 5.41) is 38.5. The van der Waals surface area contributed by atoms with Gasteiger partial charge < -0.3 is 45.8 Å². The van der Waals surface area contributed by atoms with Gasteiger partial charge in [0, 0.05) is 56.1 Å². The molecule has 4 amide bonds. The average molecular weight is 658 g/mol. The Morgan fingerprint density at radius 3 is 2.15 bits per heavy atom. The standard InChI is InChI=1S/C30H35N5O12/c31-30(42)22(18-1-4-24(37)23(13-18)35(43)44)17-34-27(39)6-5-26(38)32-7-9-45-11-12-46-10-8-33-28(40)14-19-15-29(41)47-25-16-20(36)2-3-21(19)25/h1-4,13,15-16,22,36-37H,5-12,14,17H2,(H2,31,42)(H,32,38)(H,33,40)(H,34,39). The summed E-state index contributed by atoms with van der Waals surface area (Å²) in [6.45, 7) is 1.04. The van der Waals surface area contributed by atoms with E-state index in [1.54, 1.807) is 6.07 Å². The summed E-state index contributed by atoms with van der Waals surface area (Å²) >= 11 is 0. The van der Waals surface area contributed by atoms with E-state index in [-0.39, 0.29) is 88.1 Å². The summed E-state index contributed by atoms with van der Waals surface area (Å²) in [6, 6.07) is 8.89. The van der Waals surface area contributed by atoms with Crippen LogP contribution in [0.25, 0.3) is 11.0 Å². The maximum atomic E-state index is 12.3. The van der Waals surface area contributed by atoms with Crippen LogP contribution in [0.5, 0.6) is 11.5 Å². The van der Waals surface area contributed by atoms with Gasteiger partial charge >= 0.3 is 11.3 Å². The molecule has 0 aliphatic heterocycles. The van der Waals surface area contributed by atoms with Gasteiger partial charge in [0.15, 0.2) is 5.75 Å². The molecular weight excluding hydrogens is 622 g/mol. The fourth-order valence-corrected chi connectivity index (χ4v) is 4.35. The Kier molecular flexibility index (Phi) is 13.6. The number of amides is 4. The van der Waals surface area contributed by atoms with Gasteiger partial charge in [-0.1, -0.05) is 6.07 Å². The van der Waals surface area contributed by atoms with E-state index in [1.807, 2.05) is 0 Å². The number of hydrogen-bond acceptors (Lipinski definition) is 12. The molecule has 3 rings (SSSR count). The normalized spacial score (nSPS) is 11.5. The number of nitrogens with zero attached hydrogens (tertiary/aromatic N) is 1. The molecule has 0 spiro atoms. The molecule has 17 nitrogen and oxygen atoms in total. The van der Waals surface area contributed by atoms with E-state index in [4.69, 9.17) is 19.6 Å². The van der Waals surface area contributed by atoms with Gasteiger partial charge in [-0.05, 0) is 29.3 Å². The molecule has 7 N–H and O–H groups in total. The third-order valence-corrected chi connectivity index (χ3v) is 6.70. The quantitative estimate of drug-likeness (QED) is 0.0433. The van der Waals surface area contributed by atoms with Gasteiger partial charge in [-0.15, -0.1) is 0 Å². The summed E-state index contributed by atoms with van der Waals surface area (Å²) < 4.78 is 15.8. The summed E-state index contributed by atoms with van der Waals surface area (Å²) in [5.74, 6) is -3.83. The van der Waals surface area contributed by atoms with E-state index in [0.717, 1.165) is 12.1 Å². The van der Waals surface area contributed by atoms with Crippen molar-refractivity contribution in [2.75, 3.05) is 46.1 Å². The molecular formula is C30H35N5O12. The monoisotopic (exact) mass is 657 g/mol. The van der Waals surface area contributed by atoms with E-state index in [9.17, 15) is 44.3 Å². The van der Waals surface area contributed by atoms with Crippen molar-refractivity contribution in [1.82, 2.24) is 16.0 Å². The topological polar surface area (TPSA) is 263 Å². The third-order valence-electron chi connectivity index (χ3n) is 6.70. The predicted molar refractivity (Wildman–Crippen MR) is 164 cm³/mol. The number of nitro benzene ring substituents is 1. The fourth-order valence-electron chi connectivity index (χ4n) is 4.35. The van der Waals surface area contributed by atoms with Crippen LogP contribution >= 0.6 is 0 Å². The highest BCUT2D eigenvalue weighted by Gasteiger charge is 2.23. The van der Waals surface area contributed by atoms with Crippen molar-refractivity contribution >= 4 is 40.3 Å². The predicted octanol–water partition coefficient (Wildman–Crippen LogP) is 0.0860. The van der Waals surface area contributed by atoms with Gasteiger partial charge in [0.25, 0.3) is 0 Å². The zero-order chi connectivity index (χ0) is 34.3. The number of nitrogens with one attached hydrogen (secondary N) is 3. The molecule has 0 radical (unpaired) electrons. The van der Waals surface area contributed by atoms with Gasteiger partial charge in [0.05, 0.1) is 43.7 Å². The maximum Gasteiger partial charge on any atom is 0.336 e. The van der Waals surface area contributed by atoms with Crippen molar-refractivity contribution in [2.24, 2.45) is 5.73 Å². The molecule has 252 valence electrons. The minimum Gasteiger partial charge on any atom is -0.508 e. The van der Waals surface area contributed by atoms with Gasteiger partial charge in [0.2, 0.25) is 23.6 Å². The van der Waals surface area contributed by atoms with E-state index in [0.29, 0.717) is 10.9 Å². The number of phenolic OH excluding ortho intramolecular Hbond substituents is 2. The molecule has 47 heavy (non-hydrogen) atoms. The van der Waals surface area contributed by atoms with Crippen LogP contribution in [0.1, 0.15) is 29.9 Å². The van der Waals surface area contributed by atoms with E-state index >= 15 is 0 Å². The molecule has 17 heteroatoms. The van der Waals surface area contributed by atoms with Crippen LogP contribution in [0.3, 0.4) is 0 Å². The van der Waals surface area contributed by atoms with Crippen molar-refractivity contribution in [2.45, 2.75) is 25.2 Å². The van der Waals surface area contributed by atoms with Gasteiger partial charge in [-0.25, -0.2) is 4.79 Å². The average Bonchev–Trinajstić information content (AvgIpc) is 3.01. The first-order chi connectivity index (χ1) is 22.4. The molecule has 3 aromatic rings. The van der Waals surface area contributed by atoms with Gasteiger partial charge in [0.1, 0.15) is 11.3 Å². The number of nitro groups is 1. The number of fused-ring (bicyclic) bond motifs is 1. The zero-order valence-electron chi connectivity index (χ0n) is 25.2. The molecule has 0 saturated carbocycles. The van der Waals surface area contributed by atoms with Crippen molar-refractivity contribution in [3.05, 3.63) is 74.1 Å². The Morgan fingerprint density at radius 2 is 1.51 bits per heavy atom. The third kappa shape index (κ3) is 11.7. The largest absolute Gasteiger partial charge is 0.508 e. The summed E-state index contributed by atoms with van der Waals surface area (Å²) in [4.78, 5) is 70.3. The van der Waals surface area contributed by atoms with E-state index < -0.39 is 45.6 Å². The van der Waals surface area contributed by atoms with Crippen LogP contribution in [-0.2, 0) is 35.1 Å². The Morgan fingerprint density at radius 1 is 0.872 bits per heavy atom. The number of primary amides is 1. The second kappa shape index (κ2) is 17.8. The first-order valence-electron chi connectivity index (χ1n) is 14.4. The number of benzene rings is 2. The van der Waals surface area contributed by atoms with E-state index in [2.05, 4.69) is 16.0 Å². The number of ether oxygens (including phenoxy) is 2. The second-order valence-corrected chi connectivity index (χ2v) is 10.1. The lowest BCUT2D eigenvalue weighted by Gasteiger charge is -2.15. The van der Waals surface area contributed by atoms with Crippen molar-refractivity contribution in [1.29, 1.82) is 0 Å². The molecule has 1 unspecified atom stereocenters. The first kappa shape index (κ1) is 35.9. The number of aromatic hydroxyl groups is 2. The highest BCUT2D eigenvalue weighted by atomic mass is 16.6. The lowest BCUT2D eigenvalue weighted by atomic mass is 9.97. The summed E-state index contributed by atoms with van der Waals surface area (Å²) in [7, 11) is 0. The number of carbonyl (C=O) groups excluding carboxylic acids is 4. The number of nitrogens with two attached hydrogens (primary N) is 1. The Labute approximate surface area is 267 Å². The molecule has 0 aliphatic carbocycles. The van der Waals surface area contributed by atoms with Crippen molar-refractivity contribution in [3.63, 3.8) is 0 Å². The number of rotatable bonds is 19.